The van der Waals surface area contributed by atoms with E-state index in [1.54, 1.807) is 0 Å². The fraction of sp³-hybridized carbons (Fsp3) is 0.368. The van der Waals surface area contributed by atoms with Gasteiger partial charge in [-0.05, 0) is 50.2 Å². The van der Waals surface area contributed by atoms with E-state index in [1.807, 2.05) is 31.3 Å². The van der Waals surface area contributed by atoms with Gasteiger partial charge in [-0.15, -0.1) is 0 Å². The fourth-order valence-electron chi connectivity index (χ4n) is 3.05. The summed E-state index contributed by atoms with van der Waals surface area (Å²) in [6.07, 6.45) is 1.82. The van der Waals surface area contributed by atoms with Crippen molar-refractivity contribution in [3.8, 4) is 0 Å². The zero-order valence-corrected chi connectivity index (χ0v) is 15.1. The van der Waals surface area contributed by atoms with Crippen molar-refractivity contribution in [1.29, 1.82) is 0 Å². The predicted octanol–water partition coefficient (Wildman–Crippen LogP) is 3.27. The van der Waals surface area contributed by atoms with Crippen LogP contribution in [0.1, 0.15) is 22.5 Å². The van der Waals surface area contributed by atoms with Crippen LogP contribution in [0.25, 0.3) is 10.9 Å². The number of fused-ring (bicyclic) bond motifs is 1. The van der Waals surface area contributed by atoms with Gasteiger partial charge in [-0.1, -0.05) is 6.07 Å². The second kappa shape index (κ2) is 6.61. The molecule has 3 rings (SSSR count). The highest BCUT2D eigenvalue weighted by atomic mass is 15.2. The number of benzene rings is 1. The van der Waals surface area contributed by atoms with E-state index in [1.165, 1.54) is 27.7 Å². The Labute approximate surface area is 143 Å². The van der Waals surface area contributed by atoms with Crippen LogP contribution in [0.15, 0.2) is 30.5 Å². The molecular formula is C19H25N5. The molecule has 1 N–H and O–H groups in total. The number of nitrogens with zero attached hydrogens (tertiary/aromatic N) is 4. The van der Waals surface area contributed by atoms with Gasteiger partial charge in [-0.3, -0.25) is 4.90 Å². The van der Waals surface area contributed by atoms with Crippen LogP contribution in [0.4, 0.5) is 5.95 Å². The molecule has 126 valence electrons. The molecule has 3 aromatic rings. The summed E-state index contributed by atoms with van der Waals surface area (Å²) in [6, 6.07) is 8.67. The molecule has 0 aliphatic carbocycles. The predicted molar refractivity (Wildman–Crippen MR) is 99.3 cm³/mol. The van der Waals surface area contributed by atoms with E-state index < -0.39 is 0 Å². The minimum absolute atomic E-state index is 0.748. The lowest BCUT2D eigenvalue weighted by Gasteiger charge is -2.16. The van der Waals surface area contributed by atoms with E-state index >= 15 is 0 Å². The largest absolute Gasteiger partial charge is 0.357 e. The SMILES string of the molecule is Cc1cc(C)c2cc(CN(C)Cc3ccnc(N(C)C)n3)[nH]c2c1. The van der Waals surface area contributed by atoms with E-state index in [2.05, 4.69) is 58.9 Å². The normalized spacial score (nSPS) is 11.4. The molecule has 0 bridgehead atoms. The van der Waals surface area contributed by atoms with Crippen molar-refractivity contribution in [3.05, 3.63) is 53.0 Å². The number of anilines is 1. The molecular weight excluding hydrogens is 298 g/mol. The summed E-state index contributed by atoms with van der Waals surface area (Å²) in [7, 11) is 6.02. The van der Waals surface area contributed by atoms with Crippen molar-refractivity contribution in [2.24, 2.45) is 0 Å². The molecule has 0 saturated heterocycles. The summed E-state index contributed by atoms with van der Waals surface area (Å²) in [6.45, 7) is 5.95. The second-order valence-electron chi connectivity index (χ2n) is 6.75. The molecule has 0 unspecified atom stereocenters. The fourth-order valence-corrected chi connectivity index (χ4v) is 3.05. The van der Waals surface area contributed by atoms with Crippen molar-refractivity contribution in [2.45, 2.75) is 26.9 Å². The molecule has 2 heterocycles. The Kier molecular flexibility index (Phi) is 4.53. The van der Waals surface area contributed by atoms with Gasteiger partial charge >= 0.3 is 0 Å². The van der Waals surface area contributed by atoms with Crippen LogP contribution >= 0.6 is 0 Å². The smallest absolute Gasteiger partial charge is 0.225 e. The molecule has 24 heavy (non-hydrogen) atoms. The summed E-state index contributed by atoms with van der Waals surface area (Å²) in [5, 5.41) is 1.31. The first-order valence-corrected chi connectivity index (χ1v) is 8.19. The van der Waals surface area contributed by atoms with Gasteiger partial charge in [0.25, 0.3) is 0 Å². The third-order valence-corrected chi connectivity index (χ3v) is 4.12. The quantitative estimate of drug-likeness (QED) is 0.783. The van der Waals surface area contributed by atoms with Crippen LogP contribution in [-0.2, 0) is 13.1 Å². The highest BCUT2D eigenvalue weighted by Gasteiger charge is 2.09. The Balaban J connectivity index is 1.74. The topological polar surface area (TPSA) is 48.1 Å². The lowest BCUT2D eigenvalue weighted by atomic mass is 10.1. The molecule has 0 spiro atoms. The minimum Gasteiger partial charge on any atom is -0.357 e. The Morgan fingerprint density at radius 3 is 2.58 bits per heavy atom. The van der Waals surface area contributed by atoms with Gasteiger partial charge in [0.2, 0.25) is 5.95 Å². The number of aryl methyl sites for hydroxylation is 2. The van der Waals surface area contributed by atoms with Gasteiger partial charge in [0.05, 0.1) is 5.69 Å². The summed E-state index contributed by atoms with van der Waals surface area (Å²) in [5.74, 6) is 0.748. The summed E-state index contributed by atoms with van der Waals surface area (Å²) >= 11 is 0. The molecule has 0 amide bonds. The molecule has 0 radical (unpaired) electrons. The first-order chi connectivity index (χ1) is 11.4. The Morgan fingerprint density at radius 2 is 1.83 bits per heavy atom. The van der Waals surface area contributed by atoms with Gasteiger partial charge < -0.3 is 9.88 Å². The molecule has 0 fully saturated rings. The third-order valence-electron chi connectivity index (χ3n) is 4.12. The van der Waals surface area contributed by atoms with Crippen LogP contribution in [0.2, 0.25) is 0 Å². The summed E-state index contributed by atoms with van der Waals surface area (Å²) in [4.78, 5) is 16.6. The molecule has 0 aliphatic heterocycles. The average Bonchev–Trinajstić information content (AvgIpc) is 2.89. The van der Waals surface area contributed by atoms with E-state index in [4.69, 9.17) is 0 Å². The van der Waals surface area contributed by atoms with Crippen molar-refractivity contribution < 1.29 is 0 Å². The monoisotopic (exact) mass is 323 g/mol. The molecule has 0 atom stereocenters. The van der Waals surface area contributed by atoms with E-state index in [-0.39, 0.29) is 0 Å². The Morgan fingerprint density at radius 1 is 1.04 bits per heavy atom. The van der Waals surface area contributed by atoms with Crippen molar-refractivity contribution in [3.63, 3.8) is 0 Å². The first kappa shape index (κ1) is 16.5. The zero-order chi connectivity index (χ0) is 17.3. The van der Waals surface area contributed by atoms with Crippen LogP contribution < -0.4 is 4.90 Å². The second-order valence-corrected chi connectivity index (χ2v) is 6.75. The average molecular weight is 323 g/mol. The number of H-pyrrole nitrogens is 1. The number of nitrogens with one attached hydrogen (secondary N) is 1. The first-order valence-electron chi connectivity index (χ1n) is 8.19. The zero-order valence-electron chi connectivity index (χ0n) is 15.1. The van der Waals surface area contributed by atoms with Crippen LogP contribution in [0.3, 0.4) is 0 Å². The van der Waals surface area contributed by atoms with Gasteiger partial charge in [-0.25, -0.2) is 9.97 Å². The number of rotatable bonds is 5. The van der Waals surface area contributed by atoms with Gasteiger partial charge in [-0.2, -0.15) is 0 Å². The van der Waals surface area contributed by atoms with Crippen LogP contribution in [0, 0.1) is 13.8 Å². The van der Waals surface area contributed by atoms with E-state index in [0.717, 1.165) is 24.7 Å². The Bertz CT molecular complexity index is 850. The molecule has 1 aromatic carbocycles. The molecule has 0 aliphatic rings. The third kappa shape index (κ3) is 3.57. The van der Waals surface area contributed by atoms with E-state index in [9.17, 15) is 0 Å². The summed E-state index contributed by atoms with van der Waals surface area (Å²) < 4.78 is 0. The molecule has 2 aromatic heterocycles. The number of aromatic amines is 1. The van der Waals surface area contributed by atoms with Crippen molar-refractivity contribution >= 4 is 16.9 Å². The molecule has 0 saturated carbocycles. The van der Waals surface area contributed by atoms with Crippen molar-refractivity contribution in [2.75, 3.05) is 26.0 Å². The lowest BCUT2D eigenvalue weighted by molar-refractivity contribution is 0.312. The van der Waals surface area contributed by atoms with E-state index in [0.29, 0.717) is 0 Å². The van der Waals surface area contributed by atoms with Gasteiger partial charge in [0.15, 0.2) is 0 Å². The maximum atomic E-state index is 4.59. The highest BCUT2D eigenvalue weighted by molar-refractivity contribution is 5.84. The minimum atomic E-state index is 0.748. The van der Waals surface area contributed by atoms with Gasteiger partial charge in [0.1, 0.15) is 0 Å². The summed E-state index contributed by atoms with van der Waals surface area (Å²) in [5.41, 5.74) is 6.08. The number of aromatic nitrogens is 3. The highest BCUT2D eigenvalue weighted by Crippen LogP contribution is 2.22. The van der Waals surface area contributed by atoms with Crippen molar-refractivity contribution in [1.82, 2.24) is 19.9 Å². The number of hydrogen-bond donors (Lipinski definition) is 1. The molecule has 5 nitrogen and oxygen atoms in total. The Hall–Kier alpha value is -2.40. The maximum Gasteiger partial charge on any atom is 0.225 e. The van der Waals surface area contributed by atoms with Crippen LogP contribution in [0.5, 0.6) is 0 Å². The maximum absolute atomic E-state index is 4.59. The molecule has 5 heteroatoms. The standard InChI is InChI=1S/C19H25N5/c1-13-8-14(2)17-10-16(21-18(17)9-13)12-24(5)11-15-6-7-20-19(22-15)23(3)4/h6-10,21H,11-12H2,1-5H3. The number of hydrogen-bond acceptors (Lipinski definition) is 4. The lowest BCUT2D eigenvalue weighted by Crippen LogP contribution is -2.20. The van der Waals surface area contributed by atoms with Gasteiger partial charge in [0, 0.05) is 50.0 Å². The van der Waals surface area contributed by atoms with Crippen LogP contribution in [-0.4, -0.2) is 41.0 Å².